The van der Waals surface area contributed by atoms with Crippen LogP contribution < -0.4 is 5.56 Å². The van der Waals surface area contributed by atoms with Crippen LogP contribution in [0.15, 0.2) is 71.1 Å². The average molecular weight is 362 g/mol. The molecule has 0 spiro atoms. The number of fused-ring (bicyclic) bond motifs is 1. The standard InChI is InChI=1S/C21H18N2O2S/c1-14-7-9-15(10-8-14)17-12-26-20-19(17)21(25)23(13-22-20)11-18(24)16-5-3-2-4-6-16/h2-10,12-13,18,24H,11H2,1H3/t18-/m1/s1. The SMILES string of the molecule is Cc1ccc(-c2csc3ncn(C[C@@H](O)c4ccccc4)c(=O)c23)cc1. The fourth-order valence-electron chi connectivity index (χ4n) is 3.01. The van der Waals surface area contributed by atoms with Crippen LogP contribution in [0.2, 0.25) is 0 Å². The first-order valence-electron chi connectivity index (χ1n) is 8.40. The second-order valence-electron chi connectivity index (χ2n) is 6.32. The Balaban J connectivity index is 1.76. The Kier molecular flexibility index (Phi) is 4.41. The molecular formula is C21H18N2O2S. The number of nitrogens with zero attached hydrogens (tertiary/aromatic N) is 2. The third-order valence-electron chi connectivity index (χ3n) is 4.48. The Morgan fingerprint density at radius 1 is 1.12 bits per heavy atom. The average Bonchev–Trinajstić information content (AvgIpc) is 3.10. The van der Waals surface area contributed by atoms with Gasteiger partial charge in [-0.2, -0.15) is 0 Å². The first-order chi connectivity index (χ1) is 12.6. The number of aryl methyl sites for hydroxylation is 1. The van der Waals surface area contributed by atoms with Gasteiger partial charge < -0.3 is 5.11 Å². The minimum absolute atomic E-state index is 0.123. The van der Waals surface area contributed by atoms with E-state index in [1.54, 1.807) is 0 Å². The zero-order valence-corrected chi connectivity index (χ0v) is 15.1. The number of aromatic nitrogens is 2. The van der Waals surface area contributed by atoms with Crippen molar-refractivity contribution in [2.75, 3.05) is 0 Å². The fraction of sp³-hybridized carbons (Fsp3) is 0.143. The lowest BCUT2D eigenvalue weighted by molar-refractivity contribution is 0.155. The molecule has 4 nitrogen and oxygen atoms in total. The lowest BCUT2D eigenvalue weighted by atomic mass is 10.0. The molecule has 0 fully saturated rings. The number of hydrogen-bond acceptors (Lipinski definition) is 4. The Hall–Kier alpha value is -2.76. The minimum Gasteiger partial charge on any atom is -0.387 e. The molecule has 0 aliphatic heterocycles. The van der Waals surface area contributed by atoms with E-state index in [9.17, 15) is 9.90 Å². The predicted octanol–water partition coefficient (Wildman–Crippen LogP) is 4.17. The van der Waals surface area contributed by atoms with Crippen LogP contribution in [0.3, 0.4) is 0 Å². The number of thiophene rings is 1. The van der Waals surface area contributed by atoms with Crippen LogP contribution in [-0.2, 0) is 6.54 Å². The third-order valence-corrected chi connectivity index (χ3v) is 5.36. The van der Waals surface area contributed by atoms with Gasteiger partial charge in [0, 0.05) is 10.9 Å². The summed E-state index contributed by atoms with van der Waals surface area (Å²) in [5, 5.41) is 13.0. The highest BCUT2D eigenvalue weighted by molar-refractivity contribution is 7.17. The number of benzene rings is 2. The summed E-state index contributed by atoms with van der Waals surface area (Å²) in [6.07, 6.45) is 0.765. The number of hydrogen-bond donors (Lipinski definition) is 1. The maximum atomic E-state index is 13.0. The van der Waals surface area contributed by atoms with Crippen LogP contribution in [0.1, 0.15) is 17.2 Å². The molecule has 0 aliphatic carbocycles. The molecule has 0 unspecified atom stereocenters. The summed E-state index contributed by atoms with van der Waals surface area (Å²) < 4.78 is 1.49. The van der Waals surface area contributed by atoms with E-state index >= 15 is 0 Å². The number of aliphatic hydroxyl groups is 1. The van der Waals surface area contributed by atoms with Crippen molar-refractivity contribution in [3.05, 3.63) is 87.8 Å². The fourth-order valence-corrected chi connectivity index (χ4v) is 3.92. The second-order valence-corrected chi connectivity index (χ2v) is 7.18. The van der Waals surface area contributed by atoms with Crippen molar-refractivity contribution in [1.82, 2.24) is 9.55 Å². The normalized spacial score (nSPS) is 12.4. The monoisotopic (exact) mass is 362 g/mol. The quantitative estimate of drug-likeness (QED) is 0.593. The first kappa shape index (κ1) is 16.7. The maximum Gasteiger partial charge on any atom is 0.262 e. The van der Waals surface area contributed by atoms with Crippen LogP contribution in [0, 0.1) is 6.92 Å². The molecule has 0 bridgehead atoms. The van der Waals surface area contributed by atoms with Gasteiger partial charge in [-0.15, -0.1) is 11.3 Å². The van der Waals surface area contributed by atoms with Gasteiger partial charge in [0.15, 0.2) is 0 Å². The number of rotatable bonds is 4. The van der Waals surface area contributed by atoms with E-state index in [2.05, 4.69) is 4.98 Å². The molecule has 0 amide bonds. The van der Waals surface area contributed by atoms with Crippen molar-refractivity contribution in [2.45, 2.75) is 19.6 Å². The van der Waals surface area contributed by atoms with Crippen molar-refractivity contribution < 1.29 is 5.11 Å². The highest BCUT2D eigenvalue weighted by atomic mass is 32.1. The van der Waals surface area contributed by atoms with Gasteiger partial charge in [-0.25, -0.2) is 4.98 Å². The lowest BCUT2D eigenvalue weighted by Gasteiger charge is -2.13. The smallest absolute Gasteiger partial charge is 0.262 e. The van der Waals surface area contributed by atoms with Crippen LogP contribution in [0.5, 0.6) is 0 Å². The molecule has 1 atom stereocenters. The Morgan fingerprint density at radius 3 is 2.58 bits per heavy atom. The Morgan fingerprint density at radius 2 is 1.85 bits per heavy atom. The van der Waals surface area contributed by atoms with Gasteiger partial charge in [0.25, 0.3) is 5.56 Å². The van der Waals surface area contributed by atoms with E-state index in [0.29, 0.717) is 5.39 Å². The highest BCUT2D eigenvalue weighted by Crippen LogP contribution is 2.30. The molecule has 0 radical (unpaired) electrons. The van der Waals surface area contributed by atoms with E-state index < -0.39 is 6.10 Å². The highest BCUT2D eigenvalue weighted by Gasteiger charge is 2.15. The minimum atomic E-state index is -0.755. The van der Waals surface area contributed by atoms with Crippen LogP contribution in [0.25, 0.3) is 21.3 Å². The molecule has 26 heavy (non-hydrogen) atoms. The molecule has 0 saturated carbocycles. The van der Waals surface area contributed by atoms with Crippen LogP contribution in [0.4, 0.5) is 0 Å². The first-order valence-corrected chi connectivity index (χ1v) is 9.28. The summed E-state index contributed by atoms with van der Waals surface area (Å²) in [6.45, 7) is 2.21. The second kappa shape index (κ2) is 6.86. The molecule has 4 rings (SSSR count). The summed E-state index contributed by atoms with van der Waals surface area (Å²) in [4.78, 5) is 18.2. The molecule has 2 heterocycles. The largest absolute Gasteiger partial charge is 0.387 e. The van der Waals surface area contributed by atoms with E-state index in [1.807, 2.05) is 66.9 Å². The lowest BCUT2D eigenvalue weighted by Crippen LogP contribution is -2.23. The van der Waals surface area contributed by atoms with Crippen molar-refractivity contribution in [3.63, 3.8) is 0 Å². The Bertz CT molecular complexity index is 1100. The third kappa shape index (κ3) is 3.07. The van der Waals surface area contributed by atoms with Gasteiger partial charge in [-0.05, 0) is 18.1 Å². The molecule has 5 heteroatoms. The van der Waals surface area contributed by atoms with Crippen LogP contribution in [-0.4, -0.2) is 14.7 Å². The van der Waals surface area contributed by atoms with Gasteiger partial charge in [0.1, 0.15) is 4.83 Å². The van der Waals surface area contributed by atoms with E-state index in [0.717, 1.165) is 21.5 Å². The van der Waals surface area contributed by atoms with Gasteiger partial charge >= 0.3 is 0 Å². The topological polar surface area (TPSA) is 55.1 Å². The van der Waals surface area contributed by atoms with E-state index in [-0.39, 0.29) is 12.1 Å². The van der Waals surface area contributed by atoms with Crippen molar-refractivity contribution in [1.29, 1.82) is 0 Å². The molecule has 1 N–H and O–H groups in total. The molecule has 0 aliphatic rings. The molecule has 2 aromatic heterocycles. The molecule has 0 saturated heterocycles. The van der Waals surface area contributed by atoms with Crippen LogP contribution >= 0.6 is 11.3 Å². The molecule has 4 aromatic rings. The van der Waals surface area contributed by atoms with Crippen molar-refractivity contribution >= 4 is 21.6 Å². The maximum absolute atomic E-state index is 13.0. The number of aliphatic hydroxyl groups excluding tert-OH is 1. The summed E-state index contributed by atoms with van der Waals surface area (Å²) in [5.74, 6) is 0. The summed E-state index contributed by atoms with van der Waals surface area (Å²) in [5.41, 5.74) is 3.73. The van der Waals surface area contributed by atoms with Crippen molar-refractivity contribution in [3.8, 4) is 11.1 Å². The zero-order valence-electron chi connectivity index (χ0n) is 14.3. The van der Waals surface area contributed by atoms with Crippen molar-refractivity contribution in [2.24, 2.45) is 0 Å². The summed E-state index contributed by atoms with van der Waals surface area (Å²) in [7, 11) is 0. The predicted molar refractivity (Wildman–Crippen MR) is 105 cm³/mol. The van der Waals surface area contributed by atoms with Gasteiger partial charge in [-0.3, -0.25) is 9.36 Å². The van der Waals surface area contributed by atoms with E-state index in [1.165, 1.54) is 27.8 Å². The van der Waals surface area contributed by atoms with Gasteiger partial charge in [0.2, 0.25) is 0 Å². The Labute approximate surface area is 155 Å². The van der Waals surface area contributed by atoms with E-state index in [4.69, 9.17) is 0 Å². The molecule has 130 valence electrons. The molecular weight excluding hydrogens is 344 g/mol. The van der Waals surface area contributed by atoms with Gasteiger partial charge in [-0.1, -0.05) is 60.2 Å². The summed E-state index contributed by atoms with van der Waals surface area (Å²) in [6, 6.07) is 17.5. The van der Waals surface area contributed by atoms with Gasteiger partial charge in [0.05, 0.1) is 24.4 Å². The molecule has 2 aromatic carbocycles. The summed E-state index contributed by atoms with van der Waals surface area (Å²) >= 11 is 1.46. The zero-order chi connectivity index (χ0) is 18.1.